The minimum absolute atomic E-state index is 0.464. The molecule has 10 nitrogen and oxygen atoms in total. The van der Waals surface area contributed by atoms with E-state index < -0.39 is 7.12 Å². The lowest BCUT2D eigenvalue weighted by Gasteiger charge is -2.08. The van der Waals surface area contributed by atoms with Crippen LogP contribution in [0.25, 0.3) is 11.3 Å². The molecule has 0 amide bonds. The maximum Gasteiger partial charge on any atom is 0.488 e. The molecule has 6 aromatic rings. The van der Waals surface area contributed by atoms with Crippen molar-refractivity contribution in [1.82, 2.24) is 19.9 Å². The monoisotopic (exact) mass is 706 g/mol. The molecule has 0 unspecified atom stereocenters. The number of hydrogen-bond donors (Lipinski definition) is 4. The van der Waals surface area contributed by atoms with E-state index in [4.69, 9.17) is 31.0 Å². The number of halogens is 1. The Bertz CT molecular complexity index is 1850. The third-order valence-corrected chi connectivity index (χ3v) is 7.34. The summed E-state index contributed by atoms with van der Waals surface area (Å²) in [6.07, 6.45) is 4.68. The van der Waals surface area contributed by atoms with Gasteiger partial charge < -0.3 is 31.0 Å². The first-order valence-electron chi connectivity index (χ1n) is 14.9. The van der Waals surface area contributed by atoms with Crippen LogP contribution >= 0.6 is 15.9 Å². The highest BCUT2D eigenvalue weighted by atomic mass is 79.9. The lowest BCUT2D eigenvalue weighted by Crippen LogP contribution is -2.29. The van der Waals surface area contributed by atoms with Gasteiger partial charge in [-0.15, -0.1) is 0 Å². The molecule has 4 aromatic carbocycles. The Labute approximate surface area is 288 Å². The molecule has 0 saturated carbocycles. The number of anilines is 2. The second kappa shape index (κ2) is 18.1. The highest BCUT2D eigenvalue weighted by molar-refractivity contribution is 9.10. The minimum Gasteiger partial charge on any atom is -0.497 e. The molecule has 0 fully saturated rings. The predicted octanol–water partition coefficient (Wildman–Crippen LogP) is 5.11. The molecule has 0 saturated heterocycles. The number of aromatic nitrogens is 4. The van der Waals surface area contributed by atoms with E-state index in [1.807, 2.05) is 72.8 Å². The van der Waals surface area contributed by atoms with Crippen molar-refractivity contribution in [2.45, 2.75) is 12.8 Å². The summed E-state index contributed by atoms with van der Waals surface area (Å²) in [6.45, 7) is 0. The van der Waals surface area contributed by atoms with Gasteiger partial charge in [0.05, 0.1) is 43.7 Å². The summed E-state index contributed by atoms with van der Waals surface area (Å²) >= 11 is 3.28. The molecule has 0 radical (unpaired) electrons. The van der Waals surface area contributed by atoms with Crippen LogP contribution in [-0.2, 0) is 12.8 Å². The van der Waals surface area contributed by atoms with Gasteiger partial charge in [-0.25, -0.2) is 19.9 Å². The average molecular weight is 707 g/mol. The summed E-state index contributed by atoms with van der Waals surface area (Å²) in [5, 5.41) is 17.4. The van der Waals surface area contributed by atoms with Crippen molar-refractivity contribution in [2.75, 3.05) is 25.7 Å². The topological polar surface area (TPSA) is 163 Å². The fraction of sp³-hybridized carbons (Fsp3) is 0.111. The van der Waals surface area contributed by atoms with Gasteiger partial charge in [-0.05, 0) is 68.9 Å². The maximum absolute atomic E-state index is 8.70. The highest BCUT2D eigenvalue weighted by Gasteiger charge is 2.10. The fourth-order valence-electron chi connectivity index (χ4n) is 4.36. The first kappa shape index (κ1) is 35.6. The van der Waals surface area contributed by atoms with E-state index in [-0.39, 0.29) is 0 Å². The molecule has 48 heavy (non-hydrogen) atoms. The molecule has 0 atom stereocenters. The van der Waals surface area contributed by atoms with E-state index in [0.717, 1.165) is 34.0 Å². The number of benzene rings is 4. The third kappa shape index (κ3) is 10.9. The van der Waals surface area contributed by atoms with Crippen LogP contribution in [0.4, 0.5) is 11.6 Å². The molecule has 0 aliphatic rings. The highest BCUT2D eigenvalue weighted by Crippen LogP contribution is 2.22. The van der Waals surface area contributed by atoms with E-state index in [2.05, 4.69) is 48.0 Å². The second-order valence-electron chi connectivity index (χ2n) is 10.3. The molecule has 244 valence electrons. The van der Waals surface area contributed by atoms with Gasteiger partial charge >= 0.3 is 7.12 Å². The smallest absolute Gasteiger partial charge is 0.488 e. The Kier molecular flexibility index (Phi) is 13.4. The van der Waals surface area contributed by atoms with E-state index in [1.54, 1.807) is 50.9 Å². The van der Waals surface area contributed by atoms with E-state index >= 15 is 0 Å². The number of methoxy groups -OCH3 is 2. The number of ether oxygens (including phenoxy) is 2. The van der Waals surface area contributed by atoms with Gasteiger partial charge in [0.1, 0.15) is 27.7 Å². The molecule has 0 spiro atoms. The SMILES string of the molecule is COc1ccc(-c2cnc(N)c(Cc3ccccc3)n2)cc1.COc1ccc(B(O)O)cc1.Nc1ncc(Br)nc1Cc1ccccc1. The van der Waals surface area contributed by atoms with Crippen LogP contribution in [0.2, 0.25) is 0 Å². The van der Waals surface area contributed by atoms with Gasteiger partial charge in [-0.2, -0.15) is 0 Å². The van der Waals surface area contributed by atoms with Crippen LogP contribution in [-0.4, -0.2) is 51.3 Å². The second-order valence-corrected chi connectivity index (χ2v) is 11.1. The molecular weight excluding hydrogens is 671 g/mol. The minimum atomic E-state index is -1.40. The Morgan fingerprint density at radius 1 is 0.625 bits per heavy atom. The lowest BCUT2D eigenvalue weighted by atomic mass is 9.80. The molecule has 0 bridgehead atoms. The molecule has 2 aromatic heterocycles. The zero-order valence-corrected chi connectivity index (χ0v) is 28.2. The standard InChI is InChI=1S/C18H17N3O.C11H10BrN3.C7H9BO3/c1-22-15-9-7-14(8-10-15)17-12-20-18(19)16(21-17)11-13-5-3-2-4-6-13;12-10-7-14-11(13)9(15-10)6-8-4-2-1-3-5-8;1-11-7-4-2-6(3-5-7)8(9)10/h2-10,12H,11H2,1H3,(H2,19,20);1-5,7H,6H2,(H2,13,14);2-5,9-10H,1H3. The fourth-order valence-corrected chi connectivity index (χ4v) is 4.68. The normalized spacial score (nSPS) is 10.1. The quantitative estimate of drug-likeness (QED) is 0.157. The van der Waals surface area contributed by atoms with Crippen LogP contribution in [0.5, 0.6) is 11.5 Å². The molecule has 6 N–H and O–H groups in total. The Morgan fingerprint density at radius 2 is 1.08 bits per heavy atom. The number of hydrogen-bond acceptors (Lipinski definition) is 10. The Morgan fingerprint density at radius 3 is 1.56 bits per heavy atom. The van der Waals surface area contributed by atoms with Crippen LogP contribution < -0.4 is 26.4 Å². The van der Waals surface area contributed by atoms with Crippen molar-refractivity contribution in [3.8, 4) is 22.8 Å². The summed E-state index contributed by atoms with van der Waals surface area (Å²) in [5.41, 5.74) is 17.9. The number of nitrogens with zero attached hydrogens (tertiary/aromatic N) is 4. The van der Waals surface area contributed by atoms with Gasteiger partial charge in [-0.3, -0.25) is 0 Å². The average Bonchev–Trinajstić information content (AvgIpc) is 3.12. The van der Waals surface area contributed by atoms with Crippen molar-refractivity contribution in [3.63, 3.8) is 0 Å². The third-order valence-electron chi connectivity index (χ3n) is 6.95. The van der Waals surface area contributed by atoms with Crippen LogP contribution in [0.1, 0.15) is 22.5 Å². The summed E-state index contributed by atoms with van der Waals surface area (Å²) in [4.78, 5) is 17.3. The zero-order valence-electron chi connectivity index (χ0n) is 26.6. The van der Waals surface area contributed by atoms with Crippen molar-refractivity contribution in [2.24, 2.45) is 0 Å². The Balaban J connectivity index is 0.000000174. The molecule has 12 heteroatoms. The summed E-state index contributed by atoms with van der Waals surface area (Å²) in [5.74, 6) is 2.48. The summed E-state index contributed by atoms with van der Waals surface area (Å²) < 4.78 is 10.8. The molecule has 0 aliphatic heterocycles. The van der Waals surface area contributed by atoms with E-state index in [9.17, 15) is 0 Å². The van der Waals surface area contributed by atoms with Gasteiger partial charge in [0.15, 0.2) is 0 Å². The zero-order chi connectivity index (χ0) is 34.3. The first-order valence-corrected chi connectivity index (χ1v) is 15.7. The molecule has 0 aliphatic carbocycles. The van der Waals surface area contributed by atoms with E-state index in [1.165, 1.54) is 5.56 Å². The summed E-state index contributed by atoms with van der Waals surface area (Å²) in [7, 11) is 1.81. The van der Waals surface area contributed by atoms with Gasteiger partial charge in [0.2, 0.25) is 0 Å². The summed E-state index contributed by atoms with van der Waals surface area (Å²) in [6, 6.07) is 34.5. The number of rotatable bonds is 8. The van der Waals surface area contributed by atoms with Crippen molar-refractivity contribution >= 4 is 40.1 Å². The first-order chi connectivity index (χ1) is 23.2. The van der Waals surface area contributed by atoms with Crippen LogP contribution in [0.15, 0.2) is 126 Å². The molecule has 2 heterocycles. The van der Waals surface area contributed by atoms with Gasteiger partial charge in [-0.1, -0.05) is 72.8 Å². The number of nitrogen functional groups attached to an aromatic ring is 2. The molecule has 6 rings (SSSR count). The van der Waals surface area contributed by atoms with Crippen LogP contribution in [0, 0.1) is 0 Å². The van der Waals surface area contributed by atoms with Gasteiger partial charge in [0, 0.05) is 18.4 Å². The van der Waals surface area contributed by atoms with Gasteiger partial charge in [0.25, 0.3) is 0 Å². The number of nitrogens with two attached hydrogens (primary N) is 2. The molecular formula is C36H36BBrN6O4. The van der Waals surface area contributed by atoms with Crippen molar-refractivity contribution in [1.29, 1.82) is 0 Å². The van der Waals surface area contributed by atoms with Crippen molar-refractivity contribution < 1.29 is 19.5 Å². The largest absolute Gasteiger partial charge is 0.497 e. The Hall–Kier alpha value is -5.30. The van der Waals surface area contributed by atoms with Crippen molar-refractivity contribution in [3.05, 3.63) is 149 Å². The van der Waals surface area contributed by atoms with E-state index in [0.29, 0.717) is 40.3 Å². The predicted molar refractivity (Wildman–Crippen MR) is 194 cm³/mol. The maximum atomic E-state index is 8.70. The van der Waals surface area contributed by atoms with Crippen LogP contribution in [0.3, 0.4) is 0 Å². The lowest BCUT2D eigenvalue weighted by molar-refractivity contribution is 0.414.